The van der Waals surface area contributed by atoms with E-state index in [0.717, 1.165) is 0 Å². The van der Waals surface area contributed by atoms with Crippen molar-refractivity contribution in [3.8, 4) is 34.5 Å². The van der Waals surface area contributed by atoms with Crippen LogP contribution in [0.1, 0.15) is 41.5 Å². The maximum absolute atomic E-state index is 7.17. The number of benzene rings is 3. The van der Waals surface area contributed by atoms with Gasteiger partial charge in [0.1, 0.15) is 25.4 Å². The van der Waals surface area contributed by atoms with Gasteiger partial charge in [0.05, 0.1) is 105 Å². The number of para-hydroxylation sites is 5. The van der Waals surface area contributed by atoms with Crippen LogP contribution in [0.3, 0.4) is 0 Å². The van der Waals surface area contributed by atoms with Crippen molar-refractivity contribution in [2.24, 2.45) is 10.8 Å². The van der Waals surface area contributed by atoms with Crippen LogP contribution in [0.25, 0.3) is 0 Å². The third-order valence-corrected chi connectivity index (χ3v) is 9.97. The zero-order valence-corrected chi connectivity index (χ0v) is 36.5. The van der Waals surface area contributed by atoms with Crippen LogP contribution in [0.2, 0.25) is 0 Å². The van der Waals surface area contributed by atoms with Gasteiger partial charge in [0.15, 0.2) is 40.7 Å². The molecule has 14 heteroatoms. The molecule has 0 aliphatic carbocycles. The van der Waals surface area contributed by atoms with Gasteiger partial charge in [-0.3, -0.25) is 0 Å². The summed E-state index contributed by atoms with van der Waals surface area (Å²) in [5.74, 6) is 3.28. The van der Waals surface area contributed by atoms with Gasteiger partial charge in [0, 0.05) is 10.8 Å². The fourth-order valence-electron chi connectivity index (χ4n) is 6.93. The summed E-state index contributed by atoms with van der Waals surface area (Å²) in [4.78, 5) is 0. The minimum absolute atomic E-state index is 0.224. The number of rotatable bonds is 2. The van der Waals surface area contributed by atoms with E-state index in [1.54, 1.807) is 0 Å². The molecule has 0 saturated carbocycles. The molecule has 0 fully saturated rings. The topological polar surface area (TPSA) is 132 Å². The number of ether oxygens (including phenoxy) is 13. The van der Waals surface area contributed by atoms with Gasteiger partial charge >= 0.3 is 0 Å². The Morgan fingerprint density at radius 1 is 0.450 bits per heavy atom. The Balaban J connectivity index is 1.42. The third-order valence-electron chi connectivity index (χ3n) is 9.97. The van der Waals surface area contributed by atoms with Crippen LogP contribution in [0.15, 0.2) is 66.7 Å². The first-order valence-electron chi connectivity index (χ1n) is 21.1. The van der Waals surface area contributed by atoms with Gasteiger partial charge in [0.25, 0.3) is 0 Å². The molecule has 0 spiro atoms. The van der Waals surface area contributed by atoms with Crippen molar-refractivity contribution in [3.63, 3.8) is 0 Å². The molecule has 2 aliphatic heterocycles. The Labute approximate surface area is 356 Å². The molecule has 14 nitrogen and oxygen atoms in total. The molecule has 1 N–H and O–H groups in total. The fourth-order valence-corrected chi connectivity index (χ4v) is 6.93. The highest BCUT2D eigenvalue weighted by molar-refractivity contribution is 5.64. The average molecular weight is 842 g/mol. The van der Waals surface area contributed by atoms with Crippen molar-refractivity contribution in [2.75, 3.05) is 124 Å². The summed E-state index contributed by atoms with van der Waals surface area (Å²) in [6, 6.07) is 20.9. The van der Waals surface area contributed by atoms with Crippen molar-refractivity contribution in [3.05, 3.63) is 66.7 Å². The number of fused-ring (bicyclic) bond motifs is 3. The van der Waals surface area contributed by atoms with Gasteiger partial charge < -0.3 is 66.9 Å². The van der Waals surface area contributed by atoms with Gasteiger partial charge in [0.2, 0.25) is 0 Å². The lowest BCUT2D eigenvalue weighted by Crippen LogP contribution is -2.60. The monoisotopic (exact) mass is 841 g/mol. The molecule has 0 bridgehead atoms. The maximum atomic E-state index is 7.17. The first kappa shape index (κ1) is 47.2. The van der Waals surface area contributed by atoms with E-state index in [0.29, 0.717) is 133 Å². The van der Waals surface area contributed by atoms with Crippen LogP contribution in [-0.4, -0.2) is 131 Å². The molecule has 0 saturated heterocycles. The van der Waals surface area contributed by atoms with E-state index in [2.05, 4.69) is 46.9 Å². The van der Waals surface area contributed by atoms with Gasteiger partial charge in [-0.05, 0) is 36.4 Å². The van der Waals surface area contributed by atoms with Crippen LogP contribution in [0.4, 0.5) is 5.69 Å². The first-order chi connectivity index (χ1) is 29.1. The van der Waals surface area contributed by atoms with E-state index in [1.165, 1.54) is 0 Å². The second kappa shape index (κ2) is 24.5. The fraction of sp³-hybridized carbons (Fsp3) is 0.609. The average Bonchev–Trinajstić information content (AvgIpc) is 3.22. The molecule has 5 rings (SSSR count). The molecule has 3 aromatic carbocycles. The largest absolute Gasteiger partial charge is 0.487 e. The SMILES string of the molecule is CC(C)(C)C1(C(C)(C)C)COCCOCCOCCOCCOCCOc2c(NC3COCCOCCOc4ccccc4OCCO3)cccc2Oc2ccccc2O1. The van der Waals surface area contributed by atoms with Gasteiger partial charge in [-0.1, -0.05) is 71.9 Å². The zero-order chi connectivity index (χ0) is 42.5. The van der Waals surface area contributed by atoms with E-state index in [-0.39, 0.29) is 37.3 Å². The Morgan fingerprint density at radius 3 is 1.47 bits per heavy atom. The van der Waals surface area contributed by atoms with E-state index in [1.807, 2.05) is 66.7 Å². The molecule has 0 radical (unpaired) electrons. The highest BCUT2D eigenvalue weighted by Crippen LogP contribution is 2.50. The summed E-state index contributed by atoms with van der Waals surface area (Å²) >= 11 is 0. The summed E-state index contributed by atoms with van der Waals surface area (Å²) in [6.45, 7) is 19.8. The normalized spacial score (nSPS) is 20.7. The van der Waals surface area contributed by atoms with E-state index >= 15 is 0 Å². The molecule has 2 aliphatic rings. The van der Waals surface area contributed by atoms with E-state index in [9.17, 15) is 0 Å². The highest BCUT2D eigenvalue weighted by Gasteiger charge is 2.54. The lowest BCUT2D eigenvalue weighted by Gasteiger charge is -2.52. The second-order valence-electron chi connectivity index (χ2n) is 16.3. The number of nitrogens with one attached hydrogen (secondary N) is 1. The smallest absolute Gasteiger partial charge is 0.185 e. The summed E-state index contributed by atoms with van der Waals surface area (Å²) in [5, 5.41) is 3.49. The van der Waals surface area contributed by atoms with Gasteiger partial charge in [-0.15, -0.1) is 0 Å². The molecule has 0 aromatic heterocycles. The number of anilines is 1. The van der Waals surface area contributed by atoms with E-state index in [4.69, 9.17) is 61.6 Å². The second-order valence-corrected chi connectivity index (χ2v) is 16.3. The molecule has 334 valence electrons. The summed E-state index contributed by atoms with van der Waals surface area (Å²) in [7, 11) is 0. The minimum atomic E-state index is -0.789. The molecular formula is C46H67NO13. The molecule has 1 unspecified atom stereocenters. The molecule has 1 atom stereocenters. The summed E-state index contributed by atoms with van der Waals surface area (Å²) in [6.07, 6.45) is -0.583. The van der Waals surface area contributed by atoms with Crippen molar-refractivity contribution >= 4 is 5.69 Å². The lowest BCUT2D eigenvalue weighted by molar-refractivity contribution is -0.160. The first-order valence-corrected chi connectivity index (χ1v) is 21.1. The minimum Gasteiger partial charge on any atom is -0.487 e. The van der Waals surface area contributed by atoms with Crippen LogP contribution >= 0.6 is 0 Å². The Kier molecular flexibility index (Phi) is 19.3. The molecule has 0 amide bonds. The highest BCUT2D eigenvalue weighted by atomic mass is 16.6. The summed E-state index contributed by atoms with van der Waals surface area (Å²) in [5.41, 5.74) is -0.880. The summed E-state index contributed by atoms with van der Waals surface area (Å²) < 4.78 is 79.8. The standard InChI is InChI=1S/C46H67NO13/c1-44(2,3)46(45(4,5)6)35-54-27-25-50-21-20-48-18-19-49-22-23-51-29-31-58-43-36(12-11-17-41(43)59-39-15-9-10-16-40(39)60-46)47-42-34-53-26-24-52-28-30-55-37-13-7-8-14-38(37)56-32-33-57-42/h7-17,42,47H,18-35H2,1-6H3. The maximum Gasteiger partial charge on any atom is 0.185 e. The molecule has 3 aromatic rings. The van der Waals surface area contributed by atoms with Crippen LogP contribution in [-0.2, 0) is 37.9 Å². The third kappa shape index (κ3) is 14.7. The van der Waals surface area contributed by atoms with E-state index < -0.39 is 11.8 Å². The molecule has 2 heterocycles. The quantitative estimate of drug-likeness (QED) is 0.275. The number of hydrogen-bond acceptors (Lipinski definition) is 14. The Hall–Kier alpha value is -3.86. The van der Waals surface area contributed by atoms with Gasteiger partial charge in [-0.25, -0.2) is 0 Å². The predicted molar refractivity (Wildman–Crippen MR) is 227 cm³/mol. The zero-order valence-electron chi connectivity index (χ0n) is 36.5. The lowest BCUT2D eigenvalue weighted by atomic mass is 9.62. The molecular weight excluding hydrogens is 774 g/mol. The van der Waals surface area contributed by atoms with Crippen molar-refractivity contribution < 1.29 is 61.6 Å². The van der Waals surface area contributed by atoms with Crippen molar-refractivity contribution in [1.29, 1.82) is 0 Å². The Bertz CT molecular complexity index is 1650. The van der Waals surface area contributed by atoms with Crippen LogP contribution < -0.4 is 29.0 Å². The van der Waals surface area contributed by atoms with Crippen LogP contribution in [0, 0.1) is 10.8 Å². The molecule has 60 heavy (non-hydrogen) atoms. The Morgan fingerprint density at radius 2 is 0.900 bits per heavy atom. The van der Waals surface area contributed by atoms with Gasteiger partial charge in [-0.2, -0.15) is 0 Å². The predicted octanol–water partition coefficient (Wildman–Crippen LogP) is 7.42. The number of hydrogen-bond donors (Lipinski definition) is 1. The van der Waals surface area contributed by atoms with Crippen molar-refractivity contribution in [1.82, 2.24) is 0 Å². The van der Waals surface area contributed by atoms with Crippen molar-refractivity contribution in [2.45, 2.75) is 53.4 Å². The van der Waals surface area contributed by atoms with Crippen LogP contribution in [0.5, 0.6) is 34.5 Å².